The van der Waals surface area contributed by atoms with E-state index < -0.39 is 10.0 Å². The number of aryl methyl sites for hydroxylation is 1. The third kappa shape index (κ3) is 3.19. The predicted molar refractivity (Wildman–Crippen MR) is 76.9 cm³/mol. The summed E-state index contributed by atoms with van der Waals surface area (Å²) in [5.41, 5.74) is 1.15. The highest BCUT2D eigenvalue weighted by Crippen LogP contribution is 2.27. The summed E-state index contributed by atoms with van der Waals surface area (Å²) in [5, 5.41) is 5.08. The number of sulfonamides is 1. The molecule has 0 saturated heterocycles. The highest BCUT2D eigenvalue weighted by Gasteiger charge is 2.23. The molecule has 0 bridgehead atoms. The Balaban J connectivity index is 2.17. The number of carbonyl (C=O) groups is 1. The lowest BCUT2D eigenvalue weighted by Crippen LogP contribution is -2.34. The molecule has 1 aromatic carbocycles. The Morgan fingerprint density at radius 2 is 2.05 bits per heavy atom. The Kier molecular flexibility index (Phi) is 4.15. The molecule has 1 aliphatic rings. The maximum atomic E-state index is 12.3. The van der Waals surface area contributed by atoms with Gasteiger partial charge in [0.25, 0.3) is 5.91 Å². The predicted octanol–water partition coefficient (Wildman–Crippen LogP) is 1.51. The van der Waals surface area contributed by atoms with Crippen LogP contribution in [0.4, 0.5) is 0 Å². The molecule has 0 radical (unpaired) electrons. The lowest BCUT2D eigenvalue weighted by atomic mass is 9.85. The zero-order valence-corrected chi connectivity index (χ0v) is 12.6. The Hall–Kier alpha value is -1.40. The number of carbonyl (C=O) groups excluding carboxylic acids is 1. The summed E-state index contributed by atoms with van der Waals surface area (Å²) >= 11 is 0. The van der Waals surface area contributed by atoms with Gasteiger partial charge in [0, 0.05) is 19.2 Å². The van der Waals surface area contributed by atoms with Crippen LogP contribution in [0.3, 0.4) is 0 Å². The fraction of sp³-hybridized carbons (Fsp3) is 0.500. The molecule has 1 amide bonds. The molecule has 5 nitrogen and oxygen atoms in total. The number of amides is 1. The second kappa shape index (κ2) is 5.54. The van der Waals surface area contributed by atoms with Crippen LogP contribution in [-0.4, -0.2) is 32.8 Å². The van der Waals surface area contributed by atoms with Crippen molar-refractivity contribution >= 4 is 15.9 Å². The van der Waals surface area contributed by atoms with E-state index in [2.05, 4.69) is 0 Å². The number of nitrogens with zero attached hydrogens (tertiary/aromatic N) is 1. The van der Waals surface area contributed by atoms with Crippen LogP contribution in [0.1, 0.15) is 35.2 Å². The number of hydrogen-bond acceptors (Lipinski definition) is 3. The van der Waals surface area contributed by atoms with Gasteiger partial charge in [-0.25, -0.2) is 13.6 Å². The smallest absolute Gasteiger partial charge is 0.253 e. The Bertz CT molecular complexity index is 621. The van der Waals surface area contributed by atoms with Crippen molar-refractivity contribution in [1.29, 1.82) is 0 Å². The Morgan fingerprint density at radius 1 is 1.40 bits per heavy atom. The van der Waals surface area contributed by atoms with Crippen molar-refractivity contribution in [2.45, 2.75) is 31.1 Å². The minimum atomic E-state index is -3.73. The molecule has 2 N–H and O–H groups in total. The molecule has 0 unspecified atom stereocenters. The van der Waals surface area contributed by atoms with E-state index in [1.807, 2.05) is 0 Å². The van der Waals surface area contributed by atoms with Crippen LogP contribution in [0, 0.1) is 12.8 Å². The molecule has 1 aromatic rings. The van der Waals surface area contributed by atoms with Crippen molar-refractivity contribution in [2.75, 3.05) is 13.6 Å². The Morgan fingerprint density at radius 3 is 2.50 bits per heavy atom. The van der Waals surface area contributed by atoms with Gasteiger partial charge < -0.3 is 4.90 Å². The van der Waals surface area contributed by atoms with E-state index in [-0.39, 0.29) is 10.8 Å². The van der Waals surface area contributed by atoms with Crippen molar-refractivity contribution in [1.82, 2.24) is 4.90 Å². The molecule has 6 heteroatoms. The number of rotatable bonds is 4. The van der Waals surface area contributed by atoms with Gasteiger partial charge in [-0.1, -0.05) is 6.42 Å². The first-order chi connectivity index (χ1) is 9.29. The van der Waals surface area contributed by atoms with Crippen molar-refractivity contribution in [3.8, 4) is 0 Å². The van der Waals surface area contributed by atoms with Gasteiger partial charge in [-0.15, -0.1) is 0 Å². The topological polar surface area (TPSA) is 80.5 Å². The average Bonchev–Trinajstić information content (AvgIpc) is 2.31. The summed E-state index contributed by atoms with van der Waals surface area (Å²) < 4.78 is 22.5. The quantitative estimate of drug-likeness (QED) is 0.914. The largest absolute Gasteiger partial charge is 0.341 e. The number of hydrogen-bond donors (Lipinski definition) is 1. The highest BCUT2D eigenvalue weighted by atomic mass is 32.2. The first-order valence-electron chi connectivity index (χ1n) is 6.68. The summed E-state index contributed by atoms with van der Waals surface area (Å²) in [4.78, 5) is 14.1. The van der Waals surface area contributed by atoms with Crippen LogP contribution in [0.15, 0.2) is 23.1 Å². The third-order valence-corrected chi connectivity index (χ3v) is 4.77. The molecule has 110 valence electrons. The van der Waals surface area contributed by atoms with Gasteiger partial charge in [0.15, 0.2) is 0 Å². The summed E-state index contributed by atoms with van der Waals surface area (Å²) in [7, 11) is -1.94. The van der Waals surface area contributed by atoms with Crippen LogP contribution in [0.2, 0.25) is 0 Å². The minimum Gasteiger partial charge on any atom is -0.341 e. The normalized spacial score (nSPS) is 15.8. The van der Waals surface area contributed by atoms with E-state index in [9.17, 15) is 13.2 Å². The van der Waals surface area contributed by atoms with E-state index in [0.29, 0.717) is 17.0 Å². The van der Waals surface area contributed by atoms with Gasteiger partial charge in [-0.3, -0.25) is 4.79 Å². The van der Waals surface area contributed by atoms with Gasteiger partial charge >= 0.3 is 0 Å². The van der Waals surface area contributed by atoms with E-state index in [4.69, 9.17) is 5.14 Å². The second-order valence-electron chi connectivity index (χ2n) is 5.50. The molecule has 1 fully saturated rings. The number of nitrogens with two attached hydrogens (primary N) is 1. The maximum Gasteiger partial charge on any atom is 0.253 e. The lowest BCUT2D eigenvalue weighted by Gasteiger charge is -2.30. The highest BCUT2D eigenvalue weighted by molar-refractivity contribution is 7.89. The molecule has 2 rings (SSSR count). The molecule has 0 spiro atoms. The van der Waals surface area contributed by atoms with Gasteiger partial charge in [0.05, 0.1) is 4.90 Å². The van der Waals surface area contributed by atoms with Crippen molar-refractivity contribution in [3.05, 3.63) is 29.3 Å². The van der Waals surface area contributed by atoms with Gasteiger partial charge in [-0.05, 0) is 49.4 Å². The number of primary sulfonamides is 1. The zero-order chi connectivity index (χ0) is 14.9. The summed E-state index contributed by atoms with van der Waals surface area (Å²) in [6.45, 7) is 2.48. The monoisotopic (exact) mass is 296 g/mol. The van der Waals surface area contributed by atoms with E-state index in [0.717, 1.165) is 6.54 Å². The van der Waals surface area contributed by atoms with Gasteiger partial charge in [-0.2, -0.15) is 0 Å². The maximum absolute atomic E-state index is 12.3. The first kappa shape index (κ1) is 15.0. The minimum absolute atomic E-state index is 0.0354. The van der Waals surface area contributed by atoms with E-state index >= 15 is 0 Å². The molecule has 0 atom stereocenters. The first-order valence-corrected chi connectivity index (χ1v) is 8.22. The average molecular weight is 296 g/mol. The summed E-state index contributed by atoms with van der Waals surface area (Å²) in [5.74, 6) is 0.531. The molecule has 0 aliphatic heterocycles. The lowest BCUT2D eigenvalue weighted by molar-refractivity contribution is 0.0744. The zero-order valence-electron chi connectivity index (χ0n) is 11.8. The van der Waals surface area contributed by atoms with Crippen LogP contribution >= 0.6 is 0 Å². The van der Waals surface area contributed by atoms with Gasteiger partial charge in [0.1, 0.15) is 0 Å². The molecule has 1 saturated carbocycles. The van der Waals surface area contributed by atoms with Crippen LogP contribution in [0.25, 0.3) is 0 Å². The Labute approximate surface area is 119 Å². The molecule has 0 heterocycles. The summed E-state index contributed by atoms with van der Waals surface area (Å²) in [6, 6.07) is 4.36. The fourth-order valence-corrected chi connectivity index (χ4v) is 3.00. The second-order valence-corrected chi connectivity index (χ2v) is 7.07. The third-order valence-electron chi connectivity index (χ3n) is 3.86. The molecular formula is C14H20N2O3S. The van der Waals surface area contributed by atoms with Crippen molar-refractivity contribution in [2.24, 2.45) is 11.1 Å². The van der Waals surface area contributed by atoms with Crippen LogP contribution in [-0.2, 0) is 10.0 Å². The number of benzene rings is 1. The molecule has 0 aromatic heterocycles. The van der Waals surface area contributed by atoms with Crippen molar-refractivity contribution < 1.29 is 13.2 Å². The standard InChI is InChI=1S/C14H20N2O3S/c1-10-8-12(20(15,18)19)6-7-13(10)14(17)16(2)9-11-4-3-5-11/h6-8,11H,3-5,9H2,1-2H3,(H2,15,18,19). The molecule has 20 heavy (non-hydrogen) atoms. The SMILES string of the molecule is Cc1cc(S(N)(=O)=O)ccc1C(=O)N(C)CC1CCC1. The van der Waals surface area contributed by atoms with Crippen LogP contribution in [0.5, 0.6) is 0 Å². The van der Waals surface area contributed by atoms with Crippen molar-refractivity contribution in [3.63, 3.8) is 0 Å². The molecular weight excluding hydrogens is 276 g/mol. The van der Waals surface area contributed by atoms with E-state index in [1.165, 1.54) is 37.5 Å². The van der Waals surface area contributed by atoms with Gasteiger partial charge in [0.2, 0.25) is 10.0 Å². The summed E-state index contributed by atoms with van der Waals surface area (Å²) in [6.07, 6.45) is 3.61. The fourth-order valence-electron chi connectivity index (χ4n) is 2.40. The van der Waals surface area contributed by atoms with E-state index in [1.54, 1.807) is 18.9 Å². The molecule has 1 aliphatic carbocycles. The van der Waals surface area contributed by atoms with Crippen LogP contribution < -0.4 is 5.14 Å².